The molecule has 3 rings (SSSR count). The zero-order valence-electron chi connectivity index (χ0n) is 21.5. The van der Waals surface area contributed by atoms with Gasteiger partial charge in [0.1, 0.15) is 5.00 Å². The molecule has 196 valence electrons. The van der Waals surface area contributed by atoms with Gasteiger partial charge in [0.15, 0.2) is 0 Å². The maximum absolute atomic E-state index is 13.4. The van der Waals surface area contributed by atoms with Crippen LogP contribution in [0.4, 0.5) is 5.00 Å². The van der Waals surface area contributed by atoms with E-state index in [1.807, 2.05) is 13.8 Å². The topological polar surface area (TPSA) is 107 Å². The van der Waals surface area contributed by atoms with Crippen LogP contribution in [0.3, 0.4) is 0 Å². The van der Waals surface area contributed by atoms with Gasteiger partial charge in [-0.2, -0.15) is 4.31 Å². The number of anilines is 1. The lowest BCUT2D eigenvalue weighted by atomic mass is 10.0. The molecule has 0 aliphatic carbocycles. The second-order valence-corrected chi connectivity index (χ2v) is 11.5. The van der Waals surface area contributed by atoms with Crippen LogP contribution in [0.15, 0.2) is 29.2 Å². The molecule has 1 N–H and O–H groups in total. The number of hydrogen-bond donors (Lipinski definition) is 1. The Morgan fingerprint density at radius 2 is 1.61 bits per heavy atom. The van der Waals surface area contributed by atoms with E-state index in [1.54, 1.807) is 23.6 Å². The average Bonchev–Trinajstić information content (AvgIpc) is 3.22. The lowest BCUT2D eigenvalue weighted by molar-refractivity contribution is -0.129. The molecule has 0 spiro atoms. The third-order valence-electron chi connectivity index (χ3n) is 6.45. The van der Waals surface area contributed by atoms with E-state index in [2.05, 4.69) is 5.32 Å². The van der Waals surface area contributed by atoms with Crippen molar-refractivity contribution < 1.29 is 22.8 Å². The first-order valence-electron chi connectivity index (χ1n) is 12.2. The summed E-state index contributed by atoms with van der Waals surface area (Å²) in [6.45, 7) is 11.6. The summed E-state index contributed by atoms with van der Waals surface area (Å²) >= 11 is 1.31. The summed E-state index contributed by atoms with van der Waals surface area (Å²) in [5.41, 5.74) is 1.65. The van der Waals surface area contributed by atoms with Crippen molar-refractivity contribution in [3.63, 3.8) is 0 Å². The molecule has 1 aromatic carbocycles. The summed E-state index contributed by atoms with van der Waals surface area (Å²) in [5, 5.41) is 3.34. The van der Waals surface area contributed by atoms with Crippen molar-refractivity contribution in [2.75, 3.05) is 38.0 Å². The fraction of sp³-hybridized carbons (Fsp3) is 0.480. The van der Waals surface area contributed by atoms with Crippen LogP contribution in [0.2, 0.25) is 0 Å². The van der Waals surface area contributed by atoms with E-state index in [0.717, 1.165) is 10.4 Å². The van der Waals surface area contributed by atoms with Gasteiger partial charge < -0.3 is 15.1 Å². The van der Waals surface area contributed by atoms with E-state index in [0.29, 0.717) is 56.3 Å². The van der Waals surface area contributed by atoms with Crippen LogP contribution < -0.4 is 5.32 Å². The highest BCUT2D eigenvalue weighted by Gasteiger charge is 2.31. The SMILES string of the molecule is CCN(CC)C(=O)c1c(NC(=O)c2ccc(S(=O)(=O)N(CC)CC)cc2)sc2c1CCN(C(C)=O)C2. The lowest BCUT2D eigenvalue weighted by Crippen LogP contribution is -2.35. The van der Waals surface area contributed by atoms with Crippen molar-refractivity contribution in [1.82, 2.24) is 14.1 Å². The second kappa shape index (κ2) is 11.5. The highest BCUT2D eigenvalue weighted by molar-refractivity contribution is 7.89. The lowest BCUT2D eigenvalue weighted by Gasteiger charge is -2.27. The van der Waals surface area contributed by atoms with E-state index in [4.69, 9.17) is 0 Å². The van der Waals surface area contributed by atoms with Gasteiger partial charge in [0, 0.05) is 50.1 Å². The molecule has 0 radical (unpaired) electrons. The second-order valence-electron chi connectivity index (χ2n) is 8.44. The zero-order chi connectivity index (χ0) is 26.6. The first kappa shape index (κ1) is 27.8. The van der Waals surface area contributed by atoms with Crippen LogP contribution in [0.25, 0.3) is 0 Å². The summed E-state index contributed by atoms with van der Waals surface area (Å²) in [7, 11) is -3.63. The molecular formula is C25H34N4O5S2. The molecule has 0 saturated carbocycles. The van der Waals surface area contributed by atoms with E-state index in [9.17, 15) is 22.8 Å². The maximum atomic E-state index is 13.4. The predicted molar refractivity (Wildman–Crippen MR) is 141 cm³/mol. The molecule has 0 atom stereocenters. The summed E-state index contributed by atoms with van der Waals surface area (Å²) in [6, 6.07) is 5.80. The number of rotatable bonds is 9. The van der Waals surface area contributed by atoms with Gasteiger partial charge in [0.25, 0.3) is 11.8 Å². The van der Waals surface area contributed by atoms with Crippen molar-refractivity contribution >= 4 is 44.1 Å². The van der Waals surface area contributed by atoms with Crippen molar-refractivity contribution in [3.05, 3.63) is 45.8 Å². The van der Waals surface area contributed by atoms with Gasteiger partial charge in [-0.25, -0.2) is 8.42 Å². The number of hydrogen-bond acceptors (Lipinski definition) is 6. The maximum Gasteiger partial charge on any atom is 0.257 e. The predicted octanol–water partition coefficient (Wildman–Crippen LogP) is 3.42. The van der Waals surface area contributed by atoms with E-state index < -0.39 is 15.9 Å². The van der Waals surface area contributed by atoms with Crippen LogP contribution in [-0.2, 0) is 27.8 Å². The van der Waals surface area contributed by atoms with Crippen LogP contribution >= 0.6 is 11.3 Å². The number of benzene rings is 1. The Morgan fingerprint density at radius 1 is 1.00 bits per heavy atom. The molecule has 0 saturated heterocycles. The zero-order valence-corrected chi connectivity index (χ0v) is 23.1. The molecule has 36 heavy (non-hydrogen) atoms. The van der Waals surface area contributed by atoms with Crippen LogP contribution in [0.1, 0.15) is 65.8 Å². The van der Waals surface area contributed by atoms with Gasteiger partial charge in [-0.3, -0.25) is 14.4 Å². The first-order valence-corrected chi connectivity index (χ1v) is 14.4. The van der Waals surface area contributed by atoms with Crippen molar-refractivity contribution in [2.45, 2.75) is 52.5 Å². The Hall–Kier alpha value is -2.76. The minimum atomic E-state index is -3.63. The number of thiophene rings is 1. The fourth-order valence-electron chi connectivity index (χ4n) is 4.32. The Kier molecular flexibility index (Phi) is 8.91. The molecule has 1 aliphatic heterocycles. The Bertz CT molecular complexity index is 1230. The van der Waals surface area contributed by atoms with Gasteiger partial charge in [-0.05, 0) is 50.1 Å². The van der Waals surface area contributed by atoms with Gasteiger partial charge in [-0.15, -0.1) is 11.3 Å². The number of amides is 3. The Labute approximate surface area is 217 Å². The average molecular weight is 535 g/mol. The number of carbonyl (C=O) groups excluding carboxylic acids is 3. The Morgan fingerprint density at radius 3 is 2.14 bits per heavy atom. The van der Waals surface area contributed by atoms with Crippen molar-refractivity contribution in [1.29, 1.82) is 0 Å². The first-order chi connectivity index (χ1) is 17.1. The van der Waals surface area contributed by atoms with E-state index in [-0.39, 0.29) is 22.3 Å². The normalized spacial score (nSPS) is 13.4. The summed E-state index contributed by atoms with van der Waals surface area (Å²) in [4.78, 5) is 42.9. The van der Waals surface area contributed by atoms with Crippen LogP contribution in [-0.4, -0.2) is 73.0 Å². The van der Waals surface area contributed by atoms with Crippen LogP contribution in [0.5, 0.6) is 0 Å². The molecule has 1 aromatic heterocycles. The highest BCUT2D eigenvalue weighted by atomic mass is 32.2. The molecule has 0 unspecified atom stereocenters. The highest BCUT2D eigenvalue weighted by Crippen LogP contribution is 2.38. The molecule has 0 fully saturated rings. The molecular weight excluding hydrogens is 500 g/mol. The largest absolute Gasteiger partial charge is 0.339 e. The number of nitrogens with one attached hydrogen (secondary N) is 1. The van der Waals surface area contributed by atoms with Crippen molar-refractivity contribution in [2.24, 2.45) is 0 Å². The number of fused-ring (bicyclic) bond motifs is 1. The standard InChI is InChI=1S/C25H34N4O5S2/c1-6-27(7-2)25(32)22-20-14-15-28(17(5)30)16-21(20)35-24(22)26-23(31)18-10-12-19(13-11-18)36(33,34)29(8-3)9-4/h10-13H,6-9,14-16H2,1-5H3,(H,26,31). The number of sulfonamides is 1. The van der Waals surface area contributed by atoms with Gasteiger partial charge in [0.05, 0.1) is 17.0 Å². The summed E-state index contributed by atoms with van der Waals surface area (Å²) < 4.78 is 26.9. The van der Waals surface area contributed by atoms with Crippen molar-refractivity contribution in [3.8, 4) is 0 Å². The third kappa shape index (κ3) is 5.47. The molecule has 2 heterocycles. The van der Waals surface area contributed by atoms with Gasteiger partial charge in [0.2, 0.25) is 15.9 Å². The van der Waals surface area contributed by atoms with E-state index >= 15 is 0 Å². The van der Waals surface area contributed by atoms with Crippen LogP contribution in [0, 0.1) is 0 Å². The van der Waals surface area contributed by atoms with E-state index in [1.165, 1.54) is 46.8 Å². The molecule has 9 nitrogen and oxygen atoms in total. The quantitative estimate of drug-likeness (QED) is 0.531. The fourth-order valence-corrected chi connectivity index (χ4v) is 7.03. The molecule has 11 heteroatoms. The number of carbonyl (C=O) groups is 3. The minimum absolute atomic E-state index is 0.0315. The third-order valence-corrected chi connectivity index (χ3v) is 9.65. The Balaban J connectivity index is 1.93. The molecule has 1 aliphatic rings. The molecule has 2 aromatic rings. The summed E-state index contributed by atoms with van der Waals surface area (Å²) in [5.74, 6) is -0.613. The summed E-state index contributed by atoms with van der Waals surface area (Å²) in [6.07, 6.45) is 0.543. The van der Waals surface area contributed by atoms with Gasteiger partial charge in [-0.1, -0.05) is 13.8 Å². The monoisotopic (exact) mass is 534 g/mol. The van der Waals surface area contributed by atoms with Gasteiger partial charge >= 0.3 is 0 Å². The molecule has 3 amide bonds. The minimum Gasteiger partial charge on any atom is -0.339 e. The molecule has 0 bridgehead atoms. The number of nitrogens with zero attached hydrogens (tertiary/aromatic N) is 3. The smallest absolute Gasteiger partial charge is 0.257 e.